The van der Waals surface area contributed by atoms with Crippen molar-refractivity contribution in [1.29, 1.82) is 0 Å². The van der Waals surface area contributed by atoms with Crippen molar-refractivity contribution in [3.63, 3.8) is 0 Å². The molecule has 1 spiro atoms. The summed E-state index contributed by atoms with van der Waals surface area (Å²) in [7, 11) is 1.81. The summed E-state index contributed by atoms with van der Waals surface area (Å²) in [5.74, 6) is 2.34. The number of hydrogen-bond donors (Lipinski definition) is 0. The Morgan fingerprint density at radius 2 is 1.82 bits per heavy atom. The first kappa shape index (κ1) is 33.1. The predicted molar refractivity (Wildman–Crippen MR) is 186 cm³/mol. The van der Waals surface area contributed by atoms with Gasteiger partial charge in [0.15, 0.2) is 0 Å². The van der Waals surface area contributed by atoms with Crippen LogP contribution < -0.4 is 9.64 Å². The summed E-state index contributed by atoms with van der Waals surface area (Å²) in [6.45, 7) is 4.52. The molecule has 3 aliphatic carbocycles. The highest BCUT2D eigenvalue weighted by Gasteiger charge is 2.47. The topological polar surface area (TPSA) is 71.7 Å². The highest BCUT2D eigenvalue weighted by molar-refractivity contribution is 5.89. The van der Waals surface area contributed by atoms with Crippen LogP contribution in [0.15, 0.2) is 53.1 Å². The molecular weight excluding hydrogens is 641 g/mol. The zero-order chi connectivity index (χ0) is 34.6. The van der Waals surface area contributed by atoms with Crippen LogP contribution in [0.5, 0.6) is 5.75 Å². The third-order valence-electron chi connectivity index (χ3n) is 11.8. The minimum Gasteiger partial charge on any atom is -0.490 e. The SMILES string of the molecule is CCN(C)C(=O)Cc1cc(OC2CCC2)c2cc(N3CCC4(CC3)CC(Cc3c(-c5ccccc5C(F)(F)F)noc3C3CC3)C4)ccc2n1. The second kappa shape index (κ2) is 12.9. The summed E-state index contributed by atoms with van der Waals surface area (Å²) in [6, 6.07) is 14.1. The lowest BCUT2D eigenvalue weighted by Gasteiger charge is -2.53. The smallest absolute Gasteiger partial charge is 0.417 e. The summed E-state index contributed by atoms with van der Waals surface area (Å²) < 4.78 is 54.1. The molecule has 4 fully saturated rings. The number of aromatic nitrogens is 2. The van der Waals surface area contributed by atoms with E-state index in [9.17, 15) is 18.0 Å². The first-order valence-corrected chi connectivity index (χ1v) is 18.3. The van der Waals surface area contributed by atoms with E-state index >= 15 is 0 Å². The molecule has 50 heavy (non-hydrogen) atoms. The molecule has 264 valence electrons. The van der Waals surface area contributed by atoms with E-state index < -0.39 is 11.7 Å². The number of alkyl halides is 3. The largest absolute Gasteiger partial charge is 0.490 e. The van der Waals surface area contributed by atoms with Crippen molar-refractivity contribution in [1.82, 2.24) is 15.0 Å². The zero-order valence-electron chi connectivity index (χ0n) is 28.9. The number of likely N-dealkylation sites (N-methyl/N-ethyl adjacent to an activating group) is 1. The molecule has 3 heterocycles. The molecule has 4 aliphatic rings. The van der Waals surface area contributed by atoms with Gasteiger partial charge in [-0.05, 0) is 107 Å². The number of benzene rings is 2. The fourth-order valence-corrected chi connectivity index (χ4v) is 8.33. The van der Waals surface area contributed by atoms with Gasteiger partial charge in [-0.25, -0.2) is 0 Å². The fourth-order valence-electron chi connectivity index (χ4n) is 8.33. The number of hydrogen-bond acceptors (Lipinski definition) is 6. The lowest BCUT2D eigenvalue weighted by Crippen LogP contribution is -2.47. The molecule has 2 aromatic carbocycles. The van der Waals surface area contributed by atoms with Crippen LogP contribution >= 0.6 is 0 Å². The number of carbonyl (C=O) groups excluding carboxylic acids is 1. The Kier molecular flexibility index (Phi) is 8.54. The molecule has 0 bridgehead atoms. The monoisotopic (exact) mass is 686 g/mol. The van der Waals surface area contributed by atoms with E-state index in [2.05, 4.69) is 28.3 Å². The quantitative estimate of drug-likeness (QED) is 0.166. The minimum absolute atomic E-state index is 0.0445. The van der Waals surface area contributed by atoms with Gasteiger partial charge < -0.3 is 19.1 Å². The summed E-state index contributed by atoms with van der Waals surface area (Å²) in [6.07, 6.45) is 6.32. The summed E-state index contributed by atoms with van der Waals surface area (Å²) >= 11 is 0. The maximum absolute atomic E-state index is 13.9. The van der Waals surface area contributed by atoms with Gasteiger partial charge in [0.1, 0.15) is 17.2 Å². The van der Waals surface area contributed by atoms with Gasteiger partial charge in [-0.3, -0.25) is 9.78 Å². The van der Waals surface area contributed by atoms with E-state index in [4.69, 9.17) is 14.2 Å². The van der Waals surface area contributed by atoms with Crippen LogP contribution in [-0.2, 0) is 23.8 Å². The van der Waals surface area contributed by atoms with Crippen LogP contribution in [0.2, 0.25) is 0 Å². The zero-order valence-corrected chi connectivity index (χ0v) is 28.9. The van der Waals surface area contributed by atoms with Crippen molar-refractivity contribution in [2.24, 2.45) is 11.3 Å². The minimum atomic E-state index is -4.46. The number of piperidine rings is 1. The van der Waals surface area contributed by atoms with E-state index in [0.717, 1.165) is 110 Å². The van der Waals surface area contributed by atoms with Gasteiger partial charge >= 0.3 is 6.18 Å². The number of anilines is 1. The standard InChI is InChI=1S/C40H45F3N4O3/c1-3-46(2)36(48)21-27-20-35(49-29-7-6-8-29)31-22-28(13-14-34(31)44-27)47-17-15-39(16-18-47)23-25(24-39)19-32-37(45-50-38(32)26-11-12-26)30-9-4-5-10-33(30)40(41,42)43/h4-5,9-10,13-14,20,22,25-26,29H,3,6-8,11-12,15-19,21,23-24H2,1-2H3. The van der Waals surface area contributed by atoms with E-state index in [1.54, 1.807) is 11.0 Å². The van der Waals surface area contributed by atoms with Crippen LogP contribution in [0.4, 0.5) is 18.9 Å². The average Bonchev–Trinajstić information content (AvgIpc) is 3.84. The molecule has 10 heteroatoms. The Morgan fingerprint density at radius 3 is 2.50 bits per heavy atom. The molecule has 1 saturated heterocycles. The van der Waals surface area contributed by atoms with Crippen LogP contribution in [-0.4, -0.2) is 53.7 Å². The van der Waals surface area contributed by atoms with Crippen molar-refractivity contribution in [3.8, 4) is 17.0 Å². The first-order chi connectivity index (χ1) is 24.1. The Balaban J connectivity index is 0.955. The summed E-state index contributed by atoms with van der Waals surface area (Å²) in [4.78, 5) is 21.7. The molecule has 0 atom stereocenters. The third-order valence-corrected chi connectivity index (χ3v) is 11.8. The van der Waals surface area contributed by atoms with Gasteiger partial charge in [-0.1, -0.05) is 23.4 Å². The fraction of sp³-hybridized carbons (Fsp3) is 0.525. The van der Waals surface area contributed by atoms with Gasteiger partial charge in [0.25, 0.3) is 0 Å². The van der Waals surface area contributed by atoms with Crippen LogP contribution in [0.3, 0.4) is 0 Å². The third kappa shape index (κ3) is 6.46. The van der Waals surface area contributed by atoms with Crippen molar-refractivity contribution in [2.45, 2.75) is 95.8 Å². The molecule has 0 unspecified atom stereocenters. The Labute approximate surface area is 291 Å². The van der Waals surface area contributed by atoms with Gasteiger partial charge in [0.05, 0.1) is 29.3 Å². The average molecular weight is 687 g/mol. The summed E-state index contributed by atoms with van der Waals surface area (Å²) in [5.41, 5.74) is 3.72. The van der Waals surface area contributed by atoms with Crippen LogP contribution in [0.1, 0.15) is 93.2 Å². The number of rotatable bonds is 10. The Morgan fingerprint density at radius 1 is 1.06 bits per heavy atom. The highest BCUT2D eigenvalue weighted by Crippen LogP contribution is 2.55. The Bertz CT molecular complexity index is 1880. The van der Waals surface area contributed by atoms with E-state index in [1.165, 1.54) is 18.6 Å². The van der Waals surface area contributed by atoms with Gasteiger partial charge in [0.2, 0.25) is 5.91 Å². The Hall–Kier alpha value is -4.08. The van der Waals surface area contributed by atoms with Crippen LogP contribution in [0.25, 0.3) is 22.2 Å². The van der Waals surface area contributed by atoms with Crippen molar-refractivity contribution >= 4 is 22.5 Å². The molecule has 8 rings (SSSR count). The maximum Gasteiger partial charge on any atom is 0.417 e. The molecule has 4 aromatic rings. The van der Waals surface area contributed by atoms with Gasteiger partial charge in [-0.15, -0.1) is 0 Å². The number of ether oxygens (including phenoxy) is 1. The second-order valence-corrected chi connectivity index (χ2v) is 15.2. The number of fused-ring (bicyclic) bond motifs is 1. The maximum atomic E-state index is 13.9. The molecule has 2 aromatic heterocycles. The highest BCUT2D eigenvalue weighted by atomic mass is 19.4. The summed E-state index contributed by atoms with van der Waals surface area (Å²) in [5, 5.41) is 5.24. The first-order valence-electron chi connectivity index (χ1n) is 18.3. The van der Waals surface area contributed by atoms with Crippen molar-refractivity contribution in [2.75, 3.05) is 31.6 Å². The van der Waals surface area contributed by atoms with Gasteiger partial charge in [0, 0.05) is 60.9 Å². The lowest BCUT2D eigenvalue weighted by atomic mass is 9.56. The van der Waals surface area contributed by atoms with E-state index in [1.807, 2.05) is 20.0 Å². The van der Waals surface area contributed by atoms with E-state index in [-0.39, 0.29) is 35.3 Å². The molecule has 1 amide bonds. The molecule has 0 radical (unpaired) electrons. The van der Waals surface area contributed by atoms with E-state index in [0.29, 0.717) is 24.6 Å². The number of carbonyl (C=O) groups is 1. The van der Waals surface area contributed by atoms with Gasteiger partial charge in [-0.2, -0.15) is 13.2 Å². The molecule has 3 saturated carbocycles. The van der Waals surface area contributed by atoms with Crippen molar-refractivity contribution in [3.05, 3.63) is 71.1 Å². The predicted octanol–water partition coefficient (Wildman–Crippen LogP) is 8.98. The second-order valence-electron chi connectivity index (χ2n) is 15.2. The molecule has 7 nitrogen and oxygen atoms in total. The number of amides is 1. The number of halogens is 3. The van der Waals surface area contributed by atoms with Crippen LogP contribution in [0, 0.1) is 11.3 Å². The number of pyridine rings is 1. The number of nitrogens with zero attached hydrogens (tertiary/aromatic N) is 4. The molecular formula is C40H45F3N4O3. The molecule has 0 N–H and O–H groups in total. The molecule has 1 aliphatic heterocycles. The lowest BCUT2D eigenvalue weighted by molar-refractivity contribution is -0.137. The normalized spacial score (nSPS) is 19.4. The van der Waals surface area contributed by atoms with Crippen molar-refractivity contribution < 1.29 is 27.2 Å².